The minimum Gasteiger partial charge on any atom is -0.481 e. The zero-order valence-corrected chi connectivity index (χ0v) is 10.3. The smallest absolute Gasteiger partial charge is 0.305 e. The van der Waals surface area contributed by atoms with Gasteiger partial charge >= 0.3 is 5.97 Å². The molecule has 18 heavy (non-hydrogen) atoms. The largest absolute Gasteiger partial charge is 0.481 e. The Balaban J connectivity index is 3.20. The fourth-order valence-corrected chi connectivity index (χ4v) is 1.75. The fourth-order valence-electron chi connectivity index (χ4n) is 1.50. The van der Waals surface area contributed by atoms with E-state index in [1.54, 1.807) is 0 Å². The third-order valence-electron chi connectivity index (χ3n) is 2.36. The molecule has 0 amide bonds. The highest BCUT2D eigenvalue weighted by molar-refractivity contribution is 6.31. The number of nitrogens with two attached hydrogens (primary N) is 1. The van der Waals surface area contributed by atoms with E-state index >= 15 is 0 Å². The average molecular weight is 280 g/mol. The zero-order valence-electron chi connectivity index (χ0n) is 9.54. The lowest BCUT2D eigenvalue weighted by atomic mass is 10.0. The summed E-state index contributed by atoms with van der Waals surface area (Å²) >= 11 is 5.78. The Morgan fingerprint density at radius 3 is 2.67 bits per heavy atom. The quantitative estimate of drug-likeness (QED) is 0.811. The van der Waals surface area contributed by atoms with Gasteiger partial charge in [0.15, 0.2) is 11.6 Å². The minimum absolute atomic E-state index is 0.0495. The lowest BCUT2D eigenvalue weighted by Crippen LogP contribution is -2.18. The molecule has 4 nitrogen and oxygen atoms in total. The van der Waals surface area contributed by atoms with Crippen LogP contribution in [0.1, 0.15) is 23.6 Å². The average Bonchev–Trinajstić information content (AvgIpc) is 2.28. The van der Waals surface area contributed by atoms with Crippen LogP contribution in [0.3, 0.4) is 0 Å². The van der Waals surface area contributed by atoms with E-state index in [9.17, 15) is 13.6 Å². The van der Waals surface area contributed by atoms with E-state index in [-0.39, 0.29) is 22.8 Å². The number of halogens is 3. The summed E-state index contributed by atoms with van der Waals surface area (Å²) in [5.74, 6) is -3.57. The number of carbonyl (C=O) groups is 1. The van der Waals surface area contributed by atoms with Crippen molar-refractivity contribution in [3.63, 3.8) is 0 Å². The van der Waals surface area contributed by atoms with Crippen molar-refractivity contribution in [1.29, 1.82) is 0 Å². The van der Waals surface area contributed by atoms with E-state index in [0.717, 1.165) is 6.07 Å². The zero-order chi connectivity index (χ0) is 13.9. The number of hydrogen-bond donors (Lipinski definition) is 2. The third-order valence-corrected chi connectivity index (χ3v) is 2.70. The van der Waals surface area contributed by atoms with E-state index in [2.05, 4.69) is 0 Å². The van der Waals surface area contributed by atoms with Gasteiger partial charge < -0.3 is 15.6 Å². The Bertz CT molecular complexity index is 468. The number of benzene rings is 1. The Kier molecular flexibility index (Phi) is 5.01. The van der Waals surface area contributed by atoms with Gasteiger partial charge in [0.05, 0.1) is 13.0 Å². The summed E-state index contributed by atoms with van der Waals surface area (Å²) in [5.41, 5.74) is 5.09. The third kappa shape index (κ3) is 3.16. The highest BCUT2D eigenvalue weighted by Gasteiger charge is 2.22. The van der Waals surface area contributed by atoms with Crippen LogP contribution in [0.2, 0.25) is 5.02 Å². The van der Waals surface area contributed by atoms with Crippen molar-refractivity contribution in [2.45, 2.75) is 19.1 Å². The molecule has 7 heteroatoms. The molecule has 3 N–H and O–H groups in total. The maximum absolute atomic E-state index is 13.7. The SMILES string of the molecule is COCc1c(Cl)cc(C(N)CC(=O)O)c(F)c1F. The molecule has 0 radical (unpaired) electrons. The van der Waals surface area contributed by atoms with Crippen LogP contribution in [0, 0.1) is 11.6 Å². The Morgan fingerprint density at radius 1 is 1.56 bits per heavy atom. The van der Waals surface area contributed by atoms with E-state index in [1.807, 2.05) is 0 Å². The van der Waals surface area contributed by atoms with Crippen LogP contribution in [0.25, 0.3) is 0 Å². The molecule has 0 spiro atoms. The molecule has 0 bridgehead atoms. The number of ether oxygens (including phenoxy) is 1. The summed E-state index contributed by atoms with van der Waals surface area (Å²) in [6.07, 6.45) is -0.518. The lowest BCUT2D eigenvalue weighted by molar-refractivity contribution is -0.137. The molecule has 0 aliphatic heterocycles. The van der Waals surface area contributed by atoms with Crippen molar-refractivity contribution in [2.24, 2.45) is 5.73 Å². The molecule has 0 aliphatic carbocycles. The van der Waals surface area contributed by atoms with Crippen molar-refractivity contribution in [3.8, 4) is 0 Å². The molecule has 0 fully saturated rings. The number of carboxylic acids is 1. The van der Waals surface area contributed by atoms with Gasteiger partial charge in [0.2, 0.25) is 0 Å². The minimum atomic E-state index is -1.21. The van der Waals surface area contributed by atoms with Crippen LogP contribution in [-0.2, 0) is 16.1 Å². The first kappa shape index (κ1) is 14.8. The highest BCUT2D eigenvalue weighted by atomic mass is 35.5. The molecule has 0 heterocycles. The summed E-state index contributed by atoms with van der Waals surface area (Å²) in [4.78, 5) is 10.5. The molecule has 1 atom stereocenters. The molecular formula is C11H12ClF2NO3. The topological polar surface area (TPSA) is 72.5 Å². The second kappa shape index (κ2) is 6.08. The molecule has 0 aromatic heterocycles. The molecule has 1 aromatic carbocycles. The van der Waals surface area contributed by atoms with Crippen LogP contribution in [0.5, 0.6) is 0 Å². The molecule has 1 rings (SSSR count). The van der Waals surface area contributed by atoms with Crippen LogP contribution in [0.15, 0.2) is 6.07 Å². The normalized spacial score (nSPS) is 12.5. The highest BCUT2D eigenvalue weighted by Crippen LogP contribution is 2.29. The summed E-state index contributed by atoms with van der Waals surface area (Å²) in [6, 6.07) is -0.0341. The Hall–Kier alpha value is -1.24. The summed E-state index contributed by atoms with van der Waals surface area (Å²) in [5, 5.41) is 8.51. The van der Waals surface area contributed by atoms with Gasteiger partial charge in [-0.05, 0) is 6.07 Å². The first-order chi connectivity index (χ1) is 8.38. The van der Waals surface area contributed by atoms with Crippen molar-refractivity contribution >= 4 is 17.6 Å². The fraction of sp³-hybridized carbons (Fsp3) is 0.364. The van der Waals surface area contributed by atoms with E-state index in [1.165, 1.54) is 7.11 Å². The predicted octanol–water partition coefficient (Wildman–Crippen LogP) is 2.24. The number of methoxy groups -OCH3 is 1. The molecular weight excluding hydrogens is 268 g/mol. The number of rotatable bonds is 5. The van der Waals surface area contributed by atoms with Crippen molar-refractivity contribution in [1.82, 2.24) is 0 Å². The molecule has 0 saturated carbocycles. The molecule has 1 aromatic rings. The maximum atomic E-state index is 13.7. The predicted molar refractivity (Wildman–Crippen MR) is 61.3 cm³/mol. The van der Waals surface area contributed by atoms with Crippen molar-refractivity contribution in [2.75, 3.05) is 7.11 Å². The number of aliphatic carboxylic acids is 1. The second-order valence-electron chi connectivity index (χ2n) is 3.69. The molecule has 1 unspecified atom stereocenters. The molecule has 100 valence electrons. The lowest BCUT2D eigenvalue weighted by Gasteiger charge is -2.14. The van der Waals surface area contributed by atoms with Gasteiger partial charge in [0, 0.05) is 29.3 Å². The van der Waals surface area contributed by atoms with E-state index in [0.29, 0.717) is 0 Å². The number of hydrogen-bond acceptors (Lipinski definition) is 3. The van der Waals surface area contributed by atoms with Gasteiger partial charge in [0.1, 0.15) is 0 Å². The summed E-state index contributed by atoms with van der Waals surface area (Å²) in [7, 11) is 1.32. The maximum Gasteiger partial charge on any atom is 0.305 e. The summed E-state index contributed by atoms with van der Waals surface area (Å²) in [6.45, 7) is -0.184. The molecule has 0 saturated heterocycles. The van der Waals surface area contributed by atoms with Gasteiger partial charge in [-0.25, -0.2) is 8.78 Å². The monoisotopic (exact) mass is 279 g/mol. The van der Waals surface area contributed by atoms with Crippen LogP contribution >= 0.6 is 11.6 Å². The van der Waals surface area contributed by atoms with Crippen molar-refractivity contribution < 1.29 is 23.4 Å². The van der Waals surface area contributed by atoms with Crippen molar-refractivity contribution in [3.05, 3.63) is 33.9 Å². The van der Waals surface area contributed by atoms with Crippen LogP contribution in [-0.4, -0.2) is 18.2 Å². The molecule has 0 aliphatic rings. The second-order valence-corrected chi connectivity index (χ2v) is 4.10. The van der Waals surface area contributed by atoms with Gasteiger partial charge in [-0.2, -0.15) is 0 Å². The first-order valence-corrected chi connectivity index (χ1v) is 5.38. The first-order valence-electron chi connectivity index (χ1n) is 5.01. The van der Waals surface area contributed by atoms with Crippen LogP contribution in [0.4, 0.5) is 8.78 Å². The van der Waals surface area contributed by atoms with Gasteiger partial charge in [0.25, 0.3) is 0 Å². The summed E-state index contributed by atoms with van der Waals surface area (Å²) < 4.78 is 32.1. The van der Waals surface area contributed by atoms with Gasteiger partial charge in [-0.1, -0.05) is 11.6 Å². The van der Waals surface area contributed by atoms with Crippen LogP contribution < -0.4 is 5.73 Å². The Labute approximate surface area is 107 Å². The number of carboxylic acid groups (broad SMARTS) is 1. The van der Waals surface area contributed by atoms with E-state index < -0.39 is 30.1 Å². The Morgan fingerprint density at radius 2 is 2.17 bits per heavy atom. The van der Waals surface area contributed by atoms with Gasteiger partial charge in [-0.15, -0.1) is 0 Å². The van der Waals surface area contributed by atoms with Gasteiger partial charge in [-0.3, -0.25) is 4.79 Å². The standard InChI is InChI=1S/C11H12ClF2NO3/c1-18-4-6-7(12)2-5(10(13)11(6)14)8(15)3-9(16)17/h2,8H,3-4,15H2,1H3,(H,16,17). The van der Waals surface area contributed by atoms with E-state index in [4.69, 9.17) is 27.2 Å².